The van der Waals surface area contributed by atoms with Crippen molar-refractivity contribution in [3.63, 3.8) is 0 Å². The second-order valence-corrected chi connectivity index (χ2v) is 15.2. The molecule has 3 aliphatic rings. The topological polar surface area (TPSA) is 189 Å². The number of hydrogen-bond donors (Lipinski definition) is 3. The summed E-state index contributed by atoms with van der Waals surface area (Å²) in [5.74, 6) is 0.307. The summed E-state index contributed by atoms with van der Waals surface area (Å²) in [5.41, 5.74) is 1.85. The molecule has 2 saturated heterocycles. The minimum absolute atomic E-state index is 0.0503. The Morgan fingerprint density at radius 1 is 1.00 bits per heavy atom. The average molecular weight is 803 g/mol. The van der Waals surface area contributed by atoms with E-state index in [1.807, 2.05) is 24.3 Å². The number of amides is 3. The summed E-state index contributed by atoms with van der Waals surface area (Å²) in [6.07, 6.45) is 3.68. The first-order valence-electron chi connectivity index (χ1n) is 19.6. The number of piperazine rings is 1. The summed E-state index contributed by atoms with van der Waals surface area (Å²) in [5, 5.41) is 16.8. The third-order valence-electron chi connectivity index (χ3n) is 10.7. The highest BCUT2D eigenvalue weighted by atomic mass is 16.5. The molecule has 306 valence electrons. The third kappa shape index (κ3) is 8.17. The van der Waals surface area contributed by atoms with E-state index in [4.69, 9.17) is 14.5 Å². The van der Waals surface area contributed by atoms with E-state index in [2.05, 4.69) is 37.0 Å². The summed E-state index contributed by atoms with van der Waals surface area (Å²) in [7, 11) is 0. The molecule has 1 atom stereocenters. The summed E-state index contributed by atoms with van der Waals surface area (Å²) in [6.45, 7) is 12.0. The van der Waals surface area contributed by atoms with Crippen LogP contribution in [-0.2, 0) is 21.7 Å². The van der Waals surface area contributed by atoms with Gasteiger partial charge in [-0.25, -0.2) is 19.3 Å². The van der Waals surface area contributed by atoms with E-state index >= 15 is 0 Å². The molecule has 0 spiro atoms. The number of nitrogens with zero attached hydrogens (tertiary/aromatic N) is 8. The number of ether oxygens (including phenoxy) is 2. The van der Waals surface area contributed by atoms with Crippen LogP contribution in [0, 0.1) is 0 Å². The number of fused-ring (bicyclic) bond motifs is 2. The highest BCUT2D eigenvalue weighted by Gasteiger charge is 2.40. The molecule has 5 aromatic rings. The predicted octanol–water partition coefficient (Wildman–Crippen LogP) is 3.18. The molecule has 3 N–H and O–H groups in total. The van der Waals surface area contributed by atoms with Gasteiger partial charge in [0.25, 0.3) is 17.4 Å². The number of imide groups is 1. The molecule has 0 radical (unpaired) electrons. The van der Waals surface area contributed by atoms with Crippen LogP contribution < -0.4 is 25.8 Å². The van der Waals surface area contributed by atoms with Crippen LogP contribution in [0.3, 0.4) is 0 Å². The maximum absolute atomic E-state index is 13.4. The largest absolute Gasteiger partial charge is 0.492 e. The highest BCUT2D eigenvalue weighted by Crippen LogP contribution is 2.30. The molecule has 8 rings (SSSR count). The van der Waals surface area contributed by atoms with Crippen LogP contribution in [-0.4, -0.2) is 116 Å². The van der Waals surface area contributed by atoms with E-state index in [0.29, 0.717) is 64.9 Å². The maximum atomic E-state index is 13.4. The highest BCUT2D eigenvalue weighted by molar-refractivity contribution is 6.21. The lowest BCUT2D eigenvalue weighted by Gasteiger charge is -2.36. The van der Waals surface area contributed by atoms with Crippen LogP contribution in [0.15, 0.2) is 84.3 Å². The lowest BCUT2D eigenvalue weighted by molar-refractivity contribution is -0.124. The Labute approximate surface area is 339 Å². The van der Waals surface area contributed by atoms with E-state index in [1.165, 1.54) is 15.8 Å². The molecule has 0 bridgehead atoms. The SMILES string of the molecule is C=CCn1c(=O)c2cnc(Nc3ccc(N4CCN(CCOc5ccc6c(c5)C(=O)N(C5CCC(=O)NCOC5)C6=O)CC4)cc3)nc2n1-c1cccc(C(C)(C)O)n1. The van der Waals surface area contributed by atoms with Gasteiger partial charge < -0.3 is 30.1 Å². The summed E-state index contributed by atoms with van der Waals surface area (Å²) in [6, 6.07) is 17.8. The fourth-order valence-corrected chi connectivity index (χ4v) is 7.56. The van der Waals surface area contributed by atoms with Gasteiger partial charge in [0.05, 0.1) is 36.0 Å². The first-order valence-corrected chi connectivity index (χ1v) is 19.6. The molecular weight excluding hydrogens is 757 g/mol. The molecule has 17 nitrogen and oxygen atoms in total. The summed E-state index contributed by atoms with van der Waals surface area (Å²) in [4.78, 5) is 71.4. The van der Waals surface area contributed by atoms with Crippen LogP contribution in [0.4, 0.5) is 17.3 Å². The second-order valence-electron chi connectivity index (χ2n) is 15.2. The van der Waals surface area contributed by atoms with Gasteiger partial charge in [-0.1, -0.05) is 12.1 Å². The smallest absolute Gasteiger partial charge is 0.278 e. The molecule has 0 aliphatic carbocycles. The van der Waals surface area contributed by atoms with Crippen molar-refractivity contribution in [3.05, 3.63) is 107 Å². The van der Waals surface area contributed by atoms with Crippen molar-refractivity contribution in [3.8, 4) is 11.6 Å². The number of carbonyl (C=O) groups excluding carboxylic acids is 3. The van der Waals surface area contributed by atoms with E-state index < -0.39 is 17.6 Å². The standard InChI is InChI=1S/C42H46N10O7/c1-4-16-50-38(54)33-24-43-41(47-37(33)52(50)35-7-5-6-34(46-35)42(2,3)57)45-27-8-10-28(11-9-27)49-19-17-48(18-20-49)21-22-59-30-13-14-31-32(23-30)40(56)51(39(31)55)29-12-15-36(53)44-26-58-25-29/h4-11,13-14,23-24,29,57H,1,12,15-22,25-26H2,2-3H3,(H,44,53)(H,43,45,47). The molecule has 17 heteroatoms. The van der Waals surface area contributed by atoms with Gasteiger partial charge in [-0.3, -0.25) is 29.0 Å². The summed E-state index contributed by atoms with van der Waals surface area (Å²) < 4.78 is 14.6. The first kappa shape index (κ1) is 39.4. The lowest BCUT2D eigenvalue weighted by atomic mass is 10.1. The minimum Gasteiger partial charge on any atom is -0.492 e. The molecule has 6 heterocycles. The Morgan fingerprint density at radius 3 is 2.54 bits per heavy atom. The van der Waals surface area contributed by atoms with Gasteiger partial charge >= 0.3 is 0 Å². The number of rotatable bonds is 12. The van der Waals surface area contributed by atoms with Crippen molar-refractivity contribution in [1.29, 1.82) is 0 Å². The zero-order chi connectivity index (χ0) is 41.3. The number of aliphatic hydroxyl groups is 1. The predicted molar refractivity (Wildman–Crippen MR) is 219 cm³/mol. The first-order chi connectivity index (χ1) is 28.5. The number of pyridine rings is 1. The van der Waals surface area contributed by atoms with Gasteiger partial charge in [0.2, 0.25) is 11.9 Å². The van der Waals surface area contributed by atoms with Crippen LogP contribution in [0.25, 0.3) is 16.9 Å². The van der Waals surface area contributed by atoms with Crippen molar-refractivity contribution in [1.82, 2.24) is 39.4 Å². The van der Waals surface area contributed by atoms with E-state index in [1.54, 1.807) is 61.0 Å². The monoisotopic (exact) mass is 802 g/mol. The summed E-state index contributed by atoms with van der Waals surface area (Å²) >= 11 is 0. The Morgan fingerprint density at radius 2 is 1.78 bits per heavy atom. The number of aromatic nitrogens is 5. The molecule has 2 fully saturated rings. The third-order valence-corrected chi connectivity index (χ3v) is 10.7. The van der Waals surface area contributed by atoms with Gasteiger partial charge in [-0.05, 0) is 74.9 Å². The molecule has 3 amide bonds. The van der Waals surface area contributed by atoms with Gasteiger partial charge in [0, 0.05) is 56.7 Å². The number of anilines is 3. The molecule has 59 heavy (non-hydrogen) atoms. The average Bonchev–Trinajstić information content (AvgIpc) is 3.64. The number of nitrogens with one attached hydrogen (secondary N) is 2. The molecule has 3 aromatic heterocycles. The number of carbonyl (C=O) groups is 3. The van der Waals surface area contributed by atoms with Crippen molar-refractivity contribution >= 4 is 46.1 Å². The molecular formula is C42H46N10O7. The van der Waals surface area contributed by atoms with Crippen molar-refractivity contribution in [2.24, 2.45) is 0 Å². The maximum Gasteiger partial charge on any atom is 0.278 e. The Balaban J connectivity index is 0.856. The van der Waals surface area contributed by atoms with Crippen molar-refractivity contribution < 1.29 is 29.0 Å². The lowest BCUT2D eigenvalue weighted by Crippen LogP contribution is -2.47. The fraction of sp³-hybridized carbons (Fsp3) is 0.357. The van der Waals surface area contributed by atoms with Crippen LogP contribution in [0.1, 0.15) is 53.1 Å². The van der Waals surface area contributed by atoms with E-state index in [-0.39, 0.29) is 43.7 Å². The molecule has 2 aromatic carbocycles. The molecule has 3 aliphatic heterocycles. The molecule has 1 unspecified atom stereocenters. The quantitative estimate of drug-likeness (QED) is 0.123. The van der Waals surface area contributed by atoms with E-state index in [9.17, 15) is 24.3 Å². The zero-order valence-electron chi connectivity index (χ0n) is 33.0. The Bertz CT molecular complexity index is 2470. The Hall–Kier alpha value is -6.43. The number of hydrogen-bond acceptors (Lipinski definition) is 13. The van der Waals surface area contributed by atoms with Crippen molar-refractivity contribution in [2.75, 3.05) is 62.9 Å². The number of allylic oxidation sites excluding steroid dienone is 1. The normalized spacial score (nSPS) is 17.7. The van der Waals surface area contributed by atoms with Crippen LogP contribution in [0.5, 0.6) is 5.75 Å². The van der Waals surface area contributed by atoms with Crippen LogP contribution in [0.2, 0.25) is 0 Å². The fourth-order valence-electron chi connectivity index (χ4n) is 7.56. The van der Waals surface area contributed by atoms with Gasteiger partial charge in [0.15, 0.2) is 11.5 Å². The Kier molecular flexibility index (Phi) is 11.0. The van der Waals surface area contributed by atoms with Crippen molar-refractivity contribution in [2.45, 2.75) is 44.9 Å². The van der Waals surface area contributed by atoms with Gasteiger partial charge in [-0.2, -0.15) is 4.98 Å². The minimum atomic E-state index is -1.18. The molecule has 0 saturated carbocycles. The van der Waals surface area contributed by atoms with E-state index in [0.717, 1.165) is 37.6 Å². The second kappa shape index (κ2) is 16.4. The van der Waals surface area contributed by atoms with Gasteiger partial charge in [0.1, 0.15) is 30.1 Å². The zero-order valence-corrected chi connectivity index (χ0v) is 33.0. The van der Waals surface area contributed by atoms with Gasteiger partial charge in [-0.15, -0.1) is 6.58 Å². The number of benzene rings is 2. The van der Waals surface area contributed by atoms with Crippen LogP contribution >= 0.6 is 0 Å².